The van der Waals surface area contributed by atoms with E-state index in [-0.39, 0.29) is 11.6 Å². The van der Waals surface area contributed by atoms with Gasteiger partial charge in [0.1, 0.15) is 0 Å². The quantitative estimate of drug-likeness (QED) is 0.329. The van der Waals surface area contributed by atoms with Crippen molar-refractivity contribution in [3.8, 4) is 11.3 Å². The first kappa shape index (κ1) is 18.5. The first-order valence-corrected chi connectivity index (χ1v) is 10.3. The van der Waals surface area contributed by atoms with Crippen molar-refractivity contribution in [1.29, 1.82) is 0 Å². The van der Waals surface area contributed by atoms with E-state index < -0.39 is 0 Å². The molecule has 0 aliphatic heterocycles. The van der Waals surface area contributed by atoms with Gasteiger partial charge in [0.25, 0.3) is 5.56 Å². The Bertz CT molecular complexity index is 1150. The maximum absolute atomic E-state index is 13.0. The van der Waals surface area contributed by atoms with Crippen molar-refractivity contribution in [2.24, 2.45) is 0 Å². The molecule has 0 bridgehead atoms. The SMILES string of the molecule is CC[C@H](C)n1c(SCc2ncc(-c3ccccc3)o2)nc2ccccc2c1=O. The second-order valence-corrected chi connectivity index (χ2v) is 7.56. The molecule has 0 amide bonds. The number of rotatable bonds is 6. The molecule has 0 N–H and O–H groups in total. The molecule has 0 aliphatic rings. The van der Waals surface area contributed by atoms with Crippen molar-refractivity contribution in [2.45, 2.75) is 37.2 Å². The Labute approximate surface area is 167 Å². The Morgan fingerprint density at radius 3 is 2.64 bits per heavy atom. The Balaban J connectivity index is 1.64. The van der Waals surface area contributed by atoms with Crippen LogP contribution in [0.2, 0.25) is 0 Å². The van der Waals surface area contributed by atoms with Gasteiger partial charge in [0.15, 0.2) is 10.9 Å². The molecule has 0 saturated carbocycles. The Morgan fingerprint density at radius 1 is 1.11 bits per heavy atom. The smallest absolute Gasteiger partial charge is 0.262 e. The number of fused-ring (bicyclic) bond motifs is 1. The van der Waals surface area contributed by atoms with Gasteiger partial charge in [-0.15, -0.1) is 0 Å². The van der Waals surface area contributed by atoms with E-state index in [0.717, 1.165) is 17.7 Å². The van der Waals surface area contributed by atoms with E-state index in [1.165, 1.54) is 11.8 Å². The van der Waals surface area contributed by atoms with Gasteiger partial charge in [-0.3, -0.25) is 9.36 Å². The lowest BCUT2D eigenvalue weighted by Crippen LogP contribution is -2.26. The van der Waals surface area contributed by atoms with Crippen molar-refractivity contribution in [3.63, 3.8) is 0 Å². The molecule has 2 aromatic heterocycles. The van der Waals surface area contributed by atoms with Crippen LogP contribution in [-0.4, -0.2) is 14.5 Å². The summed E-state index contributed by atoms with van der Waals surface area (Å²) < 4.78 is 7.67. The first-order chi connectivity index (χ1) is 13.7. The third-order valence-corrected chi connectivity index (χ3v) is 5.68. The molecule has 6 heteroatoms. The van der Waals surface area contributed by atoms with Crippen molar-refractivity contribution in [1.82, 2.24) is 14.5 Å². The highest BCUT2D eigenvalue weighted by Crippen LogP contribution is 2.27. The summed E-state index contributed by atoms with van der Waals surface area (Å²) in [5.41, 5.74) is 1.71. The second-order valence-electron chi connectivity index (χ2n) is 6.62. The molecule has 5 nitrogen and oxygen atoms in total. The summed E-state index contributed by atoms with van der Waals surface area (Å²) in [6.45, 7) is 4.11. The highest BCUT2D eigenvalue weighted by molar-refractivity contribution is 7.98. The largest absolute Gasteiger partial charge is 0.440 e. The number of para-hydroxylation sites is 1. The molecule has 0 aliphatic carbocycles. The van der Waals surface area contributed by atoms with E-state index in [9.17, 15) is 4.79 Å². The van der Waals surface area contributed by atoms with E-state index in [1.54, 1.807) is 10.8 Å². The van der Waals surface area contributed by atoms with Crippen molar-refractivity contribution in [3.05, 3.63) is 77.0 Å². The van der Waals surface area contributed by atoms with E-state index in [4.69, 9.17) is 9.40 Å². The lowest BCUT2D eigenvalue weighted by atomic mass is 10.2. The van der Waals surface area contributed by atoms with Crippen LogP contribution in [0.5, 0.6) is 0 Å². The summed E-state index contributed by atoms with van der Waals surface area (Å²) in [6, 6.07) is 17.4. The fourth-order valence-corrected chi connectivity index (χ4v) is 3.99. The van der Waals surface area contributed by atoms with Crippen LogP contribution in [0.4, 0.5) is 0 Å². The minimum Gasteiger partial charge on any atom is -0.440 e. The number of hydrogen-bond donors (Lipinski definition) is 0. The molecule has 142 valence electrons. The average molecular weight is 391 g/mol. The normalized spacial score (nSPS) is 12.4. The number of benzene rings is 2. The molecule has 28 heavy (non-hydrogen) atoms. The fraction of sp³-hybridized carbons (Fsp3) is 0.227. The predicted octanol–water partition coefficient (Wildman–Crippen LogP) is 5.31. The average Bonchev–Trinajstić information content (AvgIpc) is 3.21. The maximum Gasteiger partial charge on any atom is 0.262 e. The second kappa shape index (κ2) is 8.02. The van der Waals surface area contributed by atoms with Gasteiger partial charge in [-0.25, -0.2) is 9.97 Å². The molecular weight excluding hydrogens is 370 g/mol. The zero-order valence-corrected chi connectivity index (χ0v) is 16.6. The third-order valence-electron chi connectivity index (χ3n) is 4.74. The van der Waals surface area contributed by atoms with Crippen LogP contribution < -0.4 is 5.56 Å². The highest BCUT2D eigenvalue weighted by atomic mass is 32.2. The first-order valence-electron chi connectivity index (χ1n) is 9.31. The molecular formula is C22H21N3O2S. The van der Waals surface area contributed by atoms with Gasteiger partial charge in [0, 0.05) is 11.6 Å². The summed E-state index contributed by atoms with van der Waals surface area (Å²) >= 11 is 1.48. The van der Waals surface area contributed by atoms with Gasteiger partial charge in [0.05, 0.1) is 22.9 Å². The third kappa shape index (κ3) is 3.60. The van der Waals surface area contributed by atoms with Crippen LogP contribution in [0.1, 0.15) is 32.2 Å². The minimum absolute atomic E-state index is 0.000159. The zero-order chi connectivity index (χ0) is 19.5. The van der Waals surface area contributed by atoms with E-state index >= 15 is 0 Å². The summed E-state index contributed by atoms with van der Waals surface area (Å²) in [6.07, 6.45) is 2.59. The molecule has 0 saturated heterocycles. The molecule has 0 spiro atoms. The molecule has 0 fully saturated rings. The molecule has 1 atom stereocenters. The standard InChI is InChI=1S/C22H21N3O2S/c1-3-15(2)25-21(26)17-11-7-8-12-18(17)24-22(25)28-14-20-23-13-19(27-20)16-9-5-4-6-10-16/h4-13,15H,3,14H2,1-2H3/t15-/m0/s1. The van der Waals surface area contributed by atoms with Gasteiger partial charge < -0.3 is 4.42 Å². The maximum atomic E-state index is 13.0. The Hall–Kier alpha value is -2.86. The van der Waals surface area contributed by atoms with Gasteiger partial charge >= 0.3 is 0 Å². The van der Waals surface area contributed by atoms with Crippen molar-refractivity contribution in [2.75, 3.05) is 0 Å². The number of aromatic nitrogens is 3. The van der Waals surface area contributed by atoms with Crippen LogP contribution in [-0.2, 0) is 5.75 Å². The van der Waals surface area contributed by atoms with Crippen LogP contribution in [0.15, 0.2) is 75.2 Å². The van der Waals surface area contributed by atoms with Crippen LogP contribution in [0, 0.1) is 0 Å². The zero-order valence-electron chi connectivity index (χ0n) is 15.8. The van der Waals surface area contributed by atoms with Crippen LogP contribution >= 0.6 is 11.8 Å². The van der Waals surface area contributed by atoms with Gasteiger partial charge in [0.2, 0.25) is 5.89 Å². The van der Waals surface area contributed by atoms with Crippen LogP contribution in [0.25, 0.3) is 22.2 Å². The molecule has 4 aromatic rings. The number of nitrogens with zero attached hydrogens (tertiary/aromatic N) is 3. The van der Waals surface area contributed by atoms with E-state index in [1.807, 2.05) is 61.5 Å². The Morgan fingerprint density at radius 2 is 1.86 bits per heavy atom. The monoisotopic (exact) mass is 391 g/mol. The van der Waals surface area contributed by atoms with E-state index in [2.05, 4.69) is 11.9 Å². The highest BCUT2D eigenvalue weighted by Gasteiger charge is 2.16. The van der Waals surface area contributed by atoms with Crippen molar-refractivity contribution < 1.29 is 4.42 Å². The summed E-state index contributed by atoms with van der Waals surface area (Å²) in [4.78, 5) is 22.1. The van der Waals surface area contributed by atoms with E-state index in [0.29, 0.717) is 27.7 Å². The van der Waals surface area contributed by atoms with Gasteiger partial charge in [-0.2, -0.15) is 0 Å². The summed E-state index contributed by atoms with van der Waals surface area (Å²) in [5.74, 6) is 1.86. The predicted molar refractivity (Wildman–Crippen MR) is 113 cm³/mol. The van der Waals surface area contributed by atoms with Gasteiger partial charge in [-0.05, 0) is 25.5 Å². The molecule has 0 unspecified atom stereocenters. The number of hydrogen-bond acceptors (Lipinski definition) is 5. The lowest BCUT2D eigenvalue weighted by Gasteiger charge is -2.17. The fourth-order valence-electron chi connectivity index (χ4n) is 3.04. The summed E-state index contributed by atoms with van der Waals surface area (Å²) in [7, 11) is 0. The van der Waals surface area contributed by atoms with Crippen molar-refractivity contribution >= 4 is 22.7 Å². The lowest BCUT2D eigenvalue weighted by molar-refractivity contribution is 0.467. The molecule has 0 radical (unpaired) electrons. The summed E-state index contributed by atoms with van der Waals surface area (Å²) in [5, 5.41) is 1.34. The van der Waals surface area contributed by atoms with Gasteiger partial charge in [-0.1, -0.05) is 61.2 Å². The Kier molecular flexibility index (Phi) is 5.30. The number of thioether (sulfide) groups is 1. The molecule has 2 aromatic carbocycles. The number of oxazole rings is 1. The molecule has 4 rings (SSSR count). The minimum atomic E-state index is -0.000159. The topological polar surface area (TPSA) is 60.9 Å². The van der Waals surface area contributed by atoms with Crippen LogP contribution in [0.3, 0.4) is 0 Å². The molecule has 2 heterocycles.